The molecule has 196 valence electrons. The van der Waals surface area contributed by atoms with Crippen molar-refractivity contribution in [3.63, 3.8) is 0 Å². The first kappa shape index (κ1) is 27.3. The Morgan fingerprint density at radius 3 is 2.59 bits per heavy atom. The fourth-order valence-electron chi connectivity index (χ4n) is 4.37. The van der Waals surface area contributed by atoms with Crippen molar-refractivity contribution in [2.75, 3.05) is 20.3 Å². The van der Waals surface area contributed by atoms with E-state index in [-0.39, 0.29) is 22.4 Å². The number of ether oxygens (including phenoxy) is 2. The molecule has 1 atom stereocenters. The number of aromatic carboxylic acids is 1. The highest BCUT2D eigenvalue weighted by molar-refractivity contribution is 9.10. The lowest BCUT2D eigenvalue weighted by Gasteiger charge is -2.35. The summed E-state index contributed by atoms with van der Waals surface area (Å²) in [6.45, 7) is 0.0172. The van der Waals surface area contributed by atoms with Crippen LogP contribution in [0, 0.1) is 0 Å². The monoisotopic (exact) mass is 607 g/mol. The molecule has 1 aliphatic heterocycles. The number of hydrogen-bond acceptors (Lipinski definition) is 7. The Balaban J connectivity index is 1.67. The van der Waals surface area contributed by atoms with Crippen molar-refractivity contribution in [2.45, 2.75) is 31.1 Å². The third-order valence-electron chi connectivity index (χ3n) is 6.10. The lowest BCUT2D eigenvalue weighted by Crippen LogP contribution is -2.39. The Kier molecular flexibility index (Phi) is 8.68. The van der Waals surface area contributed by atoms with Crippen molar-refractivity contribution in [1.82, 2.24) is 4.31 Å². The quantitative estimate of drug-likeness (QED) is 0.320. The van der Waals surface area contributed by atoms with Crippen LogP contribution < -0.4 is 4.74 Å². The van der Waals surface area contributed by atoms with E-state index in [1.54, 1.807) is 4.31 Å². The lowest BCUT2D eigenvalue weighted by molar-refractivity contribution is -0.142. The predicted octanol–water partition coefficient (Wildman–Crippen LogP) is 5.48. The molecule has 1 saturated heterocycles. The van der Waals surface area contributed by atoms with Gasteiger partial charge in [-0.15, -0.1) is 11.3 Å². The minimum absolute atomic E-state index is 0.0491. The van der Waals surface area contributed by atoms with E-state index in [0.29, 0.717) is 22.3 Å². The number of thiophene rings is 1. The van der Waals surface area contributed by atoms with Gasteiger partial charge < -0.3 is 14.6 Å². The van der Waals surface area contributed by atoms with Crippen molar-refractivity contribution in [3.8, 4) is 16.2 Å². The second kappa shape index (κ2) is 11.8. The summed E-state index contributed by atoms with van der Waals surface area (Å²) in [6, 6.07) is 16.3. The molecule has 4 rings (SSSR count). The first-order valence-electron chi connectivity index (χ1n) is 11.6. The number of nitrogens with zero attached hydrogens (tertiary/aromatic N) is 1. The van der Waals surface area contributed by atoms with Gasteiger partial charge in [0, 0.05) is 12.6 Å². The Labute approximate surface area is 228 Å². The van der Waals surface area contributed by atoms with Gasteiger partial charge >= 0.3 is 11.9 Å². The number of piperidine rings is 1. The standard InChI is InChI=1S/C26H26BrNO7S2/c1-34-21(29)15-35-23-22(27)24(36-25(23)26(30)31)19-11-7-10-18(14-19)20-12-5-6-13-28(20)37(32,33)16-17-8-3-2-4-9-17/h2-4,7-11,14,20H,5-6,12-13,15-16H2,1H3,(H,30,31). The number of rotatable bonds is 9. The topological polar surface area (TPSA) is 110 Å². The molecule has 0 radical (unpaired) electrons. The van der Waals surface area contributed by atoms with Gasteiger partial charge in [0.15, 0.2) is 17.2 Å². The molecule has 0 aliphatic carbocycles. The molecule has 1 fully saturated rings. The summed E-state index contributed by atoms with van der Waals surface area (Å²) in [5, 5.41) is 9.70. The highest BCUT2D eigenvalue weighted by atomic mass is 79.9. The van der Waals surface area contributed by atoms with Crippen LogP contribution in [0.3, 0.4) is 0 Å². The summed E-state index contributed by atoms with van der Waals surface area (Å²) < 4.78 is 38.9. The molecule has 0 bridgehead atoms. The number of carboxylic acid groups (broad SMARTS) is 1. The summed E-state index contributed by atoms with van der Waals surface area (Å²) >= 11 is 4.46. The fourth-order valence-corrected chi connectivity index (χ4v) is 8.06. The predicted molar refractivity (Wildman–Crippen MR) is 144 cm³/mol. The van der Waals surface area contributed by atoms with Gasteiger partial charge in [-0.2, -0.15) is 4.31 Å². The summed E-state index contributed by atoms with van der Waals surface area (Å²) in [5.41, 5.74) is 2.29. The molecule has 1 aromatic heterocycles. The van der Waals surface area contributed by atoms with E-state index < -0.39 is 28.6 Å². The number of sulfonamides is 1. The van der Waals surface area contributed by atoms with Gasteiger partial charge in [-0.25, -0.2) is 18.0 Å². The van der Waals surface area contributed by atoms with Crippen molar-refractivity contribution in [2.24, 2.45) is 0 Å². The maximum absolute atomic E-state index is 13.4. The highest BCUT2D eigenvalue weighted by Gasteiger charge is 2.34. The van der Waals surface area contributed by atoms with E-state index >= 15 is 0 Å². The number of methoxy groups -OCH3 is 1. The Morgan fingerprint density at radius 2 is 1.89 bits per heavy atom. The Morgan fingerprint density at radius 1 is 1.14 bits per heavy atom. The van der Waals surface area contributed by atoms with Crippen LogP contribution in [0.15, 0.2) is 59.1 Å². The zero-order chi connectivity index (χ0) is 26.6. The molecule has 8 nitrogen and oxygen atoms in total. The van der Waals surface area contributed by atoms with Crippen LogP contribution in [-0.4, -0.2) is 50.0 Å². The van der Waals surface area contributed by atoms with E-state index in [9.17, 15) is 23.1 Å². The van der Waals surface area contributed by atoms with Crippen molar-refractivity contribution >= 4 is 49.2 Å². The summed E-state index contributed by atoms with van der Waals surface area (Å²) in [4.78, 5) is 24.0. The lowest BCUT2D eigenvalue weighted by atomic mass is 9.96. The van der Waals surface area contributed by atoms with E-state index in [2.05, 4.69) is 20.7 Å². The van der Waals surface area contributed by atoms with Crippen LogP contribution in [-0.2, 0) is 25.3 Å². The molecule has 0 amide bonds. The van der Waals surface area contributed by atoms with Gasteiger partial charge in [0.1, 0.15) is 0 Å². The van der Waals surface area contributed by atoms with Crippen molar-refractivity contribution in [1.29, 1.82) is 0 Å². The molecule has 1 N–H and O–H groups in total. The van der Waals surface area contributed by atoms with Crippen LogP contribution in [0.25, 0.3) is 10.4 Å². The molecule has 37 heavy (non-hydrogen) atoms. The first-order chi connectivity index (χ1) is 17.7. The average Bonchev–Trinajstić information content (AvgIpc) is 3.24. The molecule has 2 aromatic carbocycles. The molecule has 0 saturated carbocycles. The van der Waals surface area contributed by atoms with E-state index in [1.807, 2.05) is 54.6 Å². The third kappa shape index (κ3) is 6.23. The summed E-state index contributed by atoms with van der Waals surface area (Å²) in [7, 11) is -2.35. The van der Waals surface area contributed by atoms with Crippen molar-refractivity contribution < 1.29 is 32.6 Å². The van der Waals surface area contributed by atoms with Gasteiger partial charge in [0.25, 0.3) is 0 Å². The minimum atomic E-state index is -3.57. The highest BCUT2D eigenvalue weighted by Crippen LogP contribution is 2.46. The summed E-state index contributed by atoms with van der Waals surface area (Å²) in [6.07, 6.45) is 2.39. The fraction of sp³-hybridized carbons (Fsp3) is 0.308. The second-order valence-electron chi connectivity index (χ2n) is 8.56. The van der Waals surface area contributed by atoms with Gasteiger partial charge in [-0.05, 0) is 51.5 Å². The smallest absolute Gasteiger partial charge is 0.349 e. The van der Waals surface area contributed by atoms with Crippen LogP contribution in [0.2, 0.25) is 0 Å². The van der Waals surface area contributed by atoms with E-state index in [1.165, 1.54) is 7.11 Å². The van der Waals surface area contributed by atoms with E-state index in [4.69, 9.17) is 4.74 Å². The van der Waals surface area contributed by atoms with Gasteiger partial charge in [-0.1, -0.05) is 55.0 Å². The number of carbonyl (C=O) groups is 2. The van der Waals surface area contributed by atoms with Crippen LogP contribution in [0.5, 0.6) is 5.75 Å². The maximum atomic E-state index is 13.4. The first-order valence-corrected chi connectivity index (χ1v) is 14.8. The zero-order valence-electron chi connectivity index (χ0n) is 20.1. The average molecular weight is 609 g/mol. The summed E-state index contributed by atoms with van der Waals surface area (Å²) in [5.74, 6) is -1.83. The Bertz CT molecular complexity index is 1390. The number of esters is 1. The number of carbonyl (C=O) groups excluding carboxylic acids is 1. The van der Waals surface area contributed by atoms with Crippen LogP contribution in [0.4, 0.5) is 0 Å². The number of benzene rings is 2. The number of hydrogen-bond donors (Lipinski definition) is 1. The number of halogens is 1. The largest absolute Gasteiger partial charge is 0.479 e. The molecule has 0 spiro atoms. The molecular formula is C26H26BrNO7S2. The van der Waals surface area contributed by atoms with Crippen LogP contribution >= 0.6 is 27.3 Å². The molecule has 1 aliphatic rings. The van der Waals surface area contributed by atoms with Crippen LogP contribution in [0.1, 0.15) is 46.1 Å². The molecular weight excluding hydrogens is 582 g/mol. The minimum Gasteiger partial charge on any atom is -0.479 e. The third-order valence-corrected chi connectivity index (χ3v) is 10.2. The van der Waals surface area contributed by atoms with Gasteiger partial charge in [0.2, 0.25) is 10.0 Å². The maximum Gasteiger partial charge on any atom is 0.349 e. The second-order valence-corrected chi connectivity index (χ2v) is 12.3. The molecule has 2 heterocycles. The normalized spacial score (nSPS) is 16.3. The van der Waals surface area contributed by atoms with Gasteiger partial charge in [0.05, 0.1) is 22.2 Å². The molecule has 1 unspecified atom stereocenters. The van der Waals surface area contributed by atoms with E-state index in [0.717, 1.165) is 40.9 Å². The Hall–Kier alpha value is -2.73. The zero-order valence-corrected chi connectivity index (χ0v) is 23.3. The van der Waals surface area contributed by atoms with Gasteiger partial charge in [-0.3, -0.25) is 0 Å². The number of carboxylic acids is 1. The molecule has 11 heteroatoms. The molecule has 3 aromatic rings. The SMILES string of the molecule is COC(=O)COc1c(C(=O)O)sc(-c2cccc(C3CCCCN3S(=O)(=O)Cc3ccccc3)c2)c1Br. The van der Waals surface area contributed by atoms with Crippen molar-refractivity contribution in [3.05, 3.63) is 75.1 Å².